The van der Waals surface area contributed by atoms with Crippen molar-refractivity contribution in [1.29, 1.82) is 0 Å². The topological polar surface area (TPSA) is 37.8 Å². The predicted octanol–water partition coefficient (Wildman–Crippen LogP) is 3.50. The molecule has 0 radical (unpaired) electrons. The first-order valence-corrected chi connectivity index (χ1v) is 8.54. The maximum absolute atomic E-state index is 4.61. The number of nitrogens with one attached hydrogen (secondary N) is 1. The fourth-order valence-corrected chi connectivity index (χ4v) is 4.02. The molecule has 0 aromatic carbocycles. The number of anilines is 1. The van der Waals surface area contributed by atoms with Crippen LogP contribution in [0.2, 0.25) is 0 Å². The molecule has 17 heavy (non-hydrogen) atoms. The summed E-state index contributed by atoms with van der Waals surface area (Å²) in [5, 5.41) is 5.45. The van der Waals surface area contributed by atoms with E-state index < -0.39 is 0 Å². The van der Waals surface area contributed by atoms with Gasteiger partial charge in [0.1, 0.15) is 5.82 Å². The molecule has 2 saturated carbocycles. The summed E-state index contributed by atoms with van der Waals surface area (Å²) in [6.45, 7) is 0. The molecular formula is C12H19N3S2. The van der Waals surface area contributed by atoms with Crippen molar-refractivity contribution in [3.63, 3.8) is 0 Å². The highest BCUT2D eigenvalue weighted by Gasteiger charge is 2.28. The second-order valence-corrected chi connectivity index (χ2v) is 6.99. The van der Waals surface area contributed by atoms with E-state index in [1.165, 1.54) is 38.5 Å². The lowest BCUT2D eigenvalue weighted by molar-refractivity contribution is 0.473. The lowest BCUT2D eigenvalue weighted by atomic mass is 9.95. The maximum atomic E-state index is 4.61. The van der Waals surface area contributed by atoms with Gasteiger partial charge < -0.3 is 5.32 Å². The van der Waals surface area contributed by atoms with E-state index in [1.54, 1.807) is 11.5 Å². The highest BCUT2D eigenvalue weighted by Crippen LogP contribution is 2.39. The minimum Gasteiger partial charge on any atom is -0.358 e. The molecule has 1 aromatic rings. The van der Waals surface area contributed by atoms with E-state index in [4.69, 9.17) is 0 Å². The Morgan fingerprint density at radius 3 is 2.94 bits per heavy atom. The van der Waals surface area contributed by atoms with Gasteiger partial charge in [-0.25, -0.2) is 4.98 Å². The molecule has 0 amide bonds. The van der Waals surface area contributed by atoms with Crippen LogP contribution in [-0.4, -0.2) is 26.9 Å². The van der Waals surface area contributed by atoms with Gasteiger partial charge in [0.25, 0.3) is 0 Å². The molecule has 94 valence electrons. The van der Waals surface area contributed by atoms with E-state index in [1.807, 2.05) is 11.8 Å². The zero-order valence-electron chi connectivity index (χ0n) is 10.2. The van der Waals surface area contributed by atoms with Gasteiger partial charge in [-0.3, -0.25) is 0 Å². The summed E-state index contributed by atoms with van der Waals surface area (Å²) in [6, 6.07) is 0.612. The van der Waals surface area contributed by atoms with E-state index in [9.17, 15) is 0 Å². The minimum atomic E-state index is 0.612. The van der Waals surface area contributed by atoms with E-state index in [0.717, 1.165) is 16.2 Å². The average Bonchev–Trinajstić information content (AvgIpc) is 3.11. The molecule has 1 aromatic heterocycles. The lowest BCUT2D eigenvalue weighted by Gasteiger charge is -2.28. The van der Waals surface area contributed by atoms with Crippen LogP contribution < -0.4 is 5.32 Å². The van der Waals surface area contributed by atoms with Gasteiger partial charge >= 0.3 is 0 Å². The van der Waals surface area contributed by atoms with Crippen LogP contribution in [-0.2, 0) is 0 Å². The number of thioether (sulfide) groups is 1. The summed E-state index contributed by atoms with van der Waals surface area (Å²) in [5.74, 6) is 1.75. The van der Waals surface area contributed by atoms with Crippen LogP contribution >= 0.6 is 23.3 Å². The van der Waals surface area contributed by atoms with Gasteiger partial charge in [0.2, 0.25) is 5.13 Å². The Hall–Kier alpha value is -0.290. The Balaban J connectivity index is 1.57. The summed E-state index contributed by atoms with van der Waals surface area (Å²) in [7, 11) is 0. The second kappa shape index (κ2) is 5.14. The Morgan fingerprint density at radius 2 is 2.18 bits per heavy atom. The molecule has 1 heterocycles. The largest absolute Gasteiger partial charge is 0.358 e. The van der Waals surface area contributed by atoms with Gasteiger partial charge in [-0.15, -0.1) is 0 Å². The molecule has 0 bridgehead atoms. The summed E-state index contributed by atoms with van der Waals surface area (Å²) in [4.78, 5) is 4.61. The van der Waals surface area contributed by atoms with Crippen LogP contribution in [0.3, 0.4) is 0 Å². The van der Waals surface area contributed by atoms with Crippen molar-refractivity contribution in [3.05, 3.63) is 5.82 Å². The van der Waals surface area contributed by atoms with Gasteiger partial charge in [-0.1, -0.05) is 6.42 Å². The smallest absolute Gasteiger partial charge is 0.202 e. The molecule has 0 aliphatic heterocycles. The molecule has 2 aliphatic rings. The normalized spacial score (nSPS) is 29.2. The molecule has 5 heteroatoms. The van der Waals surface area contributed by atoms with Crippen molar-refractivity contribution in [3.8, 4) is 0 Å². The molecule has 2 atom stereocenters. The Labute approximate surface area is 111 Å². The summed E-state index contributed by atoms with van der Waals surface area (Å²) < 4.78 is 4.45. The van der Waals surface area contributed by atoms with Crippen LogP contribution in [0.5, 0.6) is 0 Å². The molecule has 0 spiro atoms. The number of hydrogen-bond acceptors (Lipinski definition) is 5. The maximum Gasteiger partial charge on any atom is 0.202 e. The highest BCUT2D eigenvalue weighted by molar-refractivity contribution is 7.99. The fraction of sp³-hybridized carbons (Fsp3) is 0.833. The first kappa shape index (κ1) is 11.8. The van der Waals surface area contributed by atoms with Crippen molar-refractivity contribution in [2.45, 2.75) is 55.7 Å². The van der Waals surface area contributed by atoms with Gasteiger partial charge in [0, 0.05) is 28.7 Å². The highest BCUT2D eigenvalue weighted by atomic mass is 32.2. The number of rotatable bonds is 4. The van der Waals surface area contributed by atoms with Crippen LogP contribution in [0.25, 0.3) is 0 Å². The van der Waals surface area contributed by atoms with Crippen molar-refractivity contribution < 1.29 is 0 Å². The Bertz CT molecular complexity index is 376. The standard InChI is InChI=1S/C12H19N3S2/c1-16-10-4-2-3-9(7-10)13-12-14-11(15-17-12)8-5-6-8/h8-10H,2-7H2,1H3,(H,13,14,15). The van der Waals surface area contributed by atoms with E-state index in [2.05, 4.69) is 20.9 Å². The molecule has 2 fully saturated rings. The van der Waals surface area contributed by atoms with Crippen molar-refractivity contribution >= 4 is 28.4 Å². The van der Waals surface area contributed by atoms with Gasteiger partial charge in [0.15, 0.2) is 0 Å². The third-order valence-corrected chi connectivity index (χ3v) is 5.43. The zero-order valence-corrected chi connectivity index (χ0v) is 11.8. The minimum absolute atomic E-state index is 0.612. The molecular weight excluding hydrogens is 250 g/mol. The molecule has 3 nitrogen and oxygen atoms in total. The SMILES string of the molecule is CSC1CCCC(Nc2nc(C3CC3)ns2)C1. The Kier molecular flexibility index (Phi) is 3.56. The zero-order chi connectivity index (χ0) is 11.7. The van der Waals surface area contributed by atoms with E-state index >= 15 is 0 Å². The number of hydrogen-bond donors (Lipinski definition) is 1. The Morgan fingerprint density at radius 1 is 1.29 bits per heavy atom. The molecule has 2 aliphatic carbocycles. The van der Waals surface area contributed by atoms with Crippen LogP contribution in [0.4, 0.5) is 5.13 Å². The van der Waals surface area contributed by atoms with Crippen molar-refractivity contribution in [2.24, 2.45) is 0 Å². The van der Waals surface area contributed by atoms with E-state index in [-0.39, 0.29) is 0 Å². The fourth-order valence-electron chi connectivity index (χ4n) is 2.47. The summed E-state index contributed by atoms with van der Waals surface area (Å²) in [6.07, 6.45) is 10.1. The average molecular weight is 269 g/mol. The third-order valence-electron chi connectivity index (χ3n) is 3.67. The van der Waals surface area contributed by atoms with Crippen LogP contribution in [0, 0.1) is 0 Å². The summed E-state index contributed by atoms with van der Waals surface area (Å²) >= 11 is 3.55. The second-order valence-electron chi connectivity index (χ2n) is 5.10. The van der Waals surface area contributed by atoms with Gasteiger partial charge in [-0.05, 0) is 38.4 Å². The number of aromatic nitrogens is 2. The first-order valence-electron chi connectivity index (χ1n) is 6.48. The van der Waals surface area contributed by atoms with Gasteiger partial charge in [-0.2, -0.15) is 16.1 Å². The van der Waals surface area contributed by atoms with Crippen LogP contribution in [0.1, 0.15) is 50.3 Å². The molecule has 2 unspecified atom stereocenters. The molecule has 0 saturated heterocycles. The quantitative estimate of drug-likeness (QED) is 0.908. The van der Waals surface area contributed by atoms with Crippen molar-refractivity contribution in [2.75, 3.05) is 11.6 Å². The number of nitrogens with zero attached hydrogens (tertiary/aromatic N) is 2. The molecule has 1 N–H and O–H groups in total. The lowest BCUT2D eigenvalue weighted by Crippen LogP contribution is -2.28. The van der Waals surface area contributed by atoms with E-state index in [0.29, 0.717) is 12.0 Å². The monoisotopic (exact) mass is 269 g/mol. The van der Waals surface area contributed by atoms with Gasteiger partial charge in [0.05, 0.1) is 0 Å². The van der Waals surface area contributed by atoms with Crippen molar-refractivity contribution in [1.82, 2.24) is 9.36 Å². The summed E-state index contributed by atoms with van der Waals surface area (Å²) in [5.41, 5.74) is 0. The molecule has 3 rings (SSSR count). The van der Waals surface area contributed by atoms with Crippen LogP contribution in [0.15, 0.2) is 0 Å². The first-order chi connectivity index (χ1) is 8.35. The predicted molar refractivity (Wildman–Crippen MR) is 75.1 cm³/mol. The third kappa shape index (κ3) is 2.94.